The van der Waals surface area contributed by atoms with Gasteiger partial charge in [-0.25, -0.2) is 0 Å². The highest BCUT2D eigenvalue weighted by Gasteiger charge is 2.07. The van der Waals surface area contributed by atoms with Gasteiger partial charge in [-0.3, -0.25) is 0 Å². The molecule has 0 bridgehead atoms. The number of benzene rings is 1. The monoisotopic (exact) mass is 263 g/mol. The Balaban J connectivity index is 2.61. The Hall–Kier alpha value is -1.06. The third-order valence-electron chi connectivity index (χ3n) is 3.15. The van der Waals surface area contributed by atoms with Gasteiger partial charge in [0.15, 0.2) is 0 Å². The summed E-state index contributed by atoms with van der Waals surface area (Å²) in [6.45, 7) is 8.61. The molecule has 0 radical (unpaired) electrons. The lowest BCUT2D eigenvalue weighted by Gasteiger charge is -2.24. The van der Waals surface area contributed by atoms with Gasteiger partial charge in [-0.1, -0.05) is 32.0 Å². The van der Waals surface area contributed by atoms with Crippen LogP contribution in [0.25, 0.3) is 0 Å². The molecule has 108 valence electrons. The van der Waals surface area contributed by atoms with Gasteiger partial charge in [0.25, 0.3) is 0 Å². The van der Waals surface area contributed by atoms with E-state index in [9.17, 15) is 0 Å². The summed E-state index contributed by atoms with van der Waals surface area (Å²) in [6.07, 6.45) is 0. The molecule has 0 heterocycles. The zero-order valence-corrected chi connectivity index (χ0v) is 13.1. The molecule has 0 amide bonds. The number of nitrogens with zero attached hydrogens (tertiary/aromatic N) is 2. The first-order valence-corrected chi connectivity index (χ1v) is 7.15. The van der Waals surface area contributed by atoms with Crippen molar-refractivity contribution in [1.82, 2.24) is 10.2 Å². The Kier molecular flexibility index (Phi) is 6.89. The summed E-state index contributed by atoms with van der Waals surface area (Å²) in [5.41, 5.74) is 2.71. The van der Waals surface area contributed by atoms with E-state index in [2.05, 4.69) is 74.4 Å². The van der Waals surface area contributed by atoms with Gasteiger partial charge in [-0.2, -0.15) is 0 Å². The number of hydrogen-bond donors (Lipinski definition) is 1. The van der Waals surface area contributed by atoms with Gasteiger partial charge in [0.1, 0.15) is 0 Å². The number of hydrogen-bond acceptors (Lipinski definition) is 3. The minimum Gasteiger partial charge on any atom is -0.373 e. The predicted octanol–water partition coefficient (Wildman–Crippen LogP) is 2.43. The number of rotatable bonds is 8. The standard InChI is InChI=1S/C16H29N3/c1-14(2)12-17-13-15-8-6-7-9-16(15)19(5)11-10-18(3)4/h6-9,14,17H,10-13H2,1-5H3. The lowest BCUT2D eigenvalue weighted by Crippen LogP contribution is -2.29. The van der Waals surface area contributed by atoms with Crippen LogP contribution in [0.1, 0.15) is 19.4 Å². The normalized spacial score (nSPS) is 11.3. The van der Waals surface area contributed by atoms with Crippen molar-refractivity contribution in [2.24, 2.45) is 5.92 Å². The summed E-state index contributed by atoms with van der Waals surface area (Å²) < 4.78 is 0. The first-order chi connectivity index (χ1) is 9.00. The zero-order valence-electron chi connectivity index (χ0n) is 13.1. The van der Waals surface area contributed by atoms with Crippen molar-refractivity contribution in [3.8, 4) is 0 Å². The largest absolute Gasteiger partial charge is 0.373 e. The fourth-order valence-electron chi connectivity index (χ4n) is 2.00. The van der Waals surface area contributed by atoms with Crippen LogP contribution < -0.4 is 10.2 Å². The lowest BCUT2D eigenvalue weighted by atomic mass is 10.1. The molecular weight excluding hydrogens is 234 g/mol. The number of nitrogens with one attached hydrogen (secondary N) is 1. The molecule has 0 aliphatic heterocycles. The van der Waals surface area contributed by atoms with Gasteiger partial charge in [0.2, 0.25) is 0 Å². The molecule has 0 aliphatic rings. The van der Waals surface area contributed by atoms with Crippen LogP contribution in [-0.2, 0) is 6.54 Å². The number of likely N-dealkylation sites (N-methyl/N-ethyl adjacent to an activating group) is 2. The Morgan fingerprint density at radius 1 is 1.05 bits per heavy atom. The van der Waals surface area contributed by atoms with Gasteiger partial charge in [0.05, 0.1) is 0 Å². The van der Waals surface area contributed by atoms with E-state index >= 15 is 0 Å². The van der Waals surface area contributed by atoms with E-state index in [1.54, 1.807) is 0 Å². The minimum absolute atomic E-state index is 0.693. The smallest absolute Gasteiger partial charge is 0.0409 e. The second-order valence-electron chi connectivity index (χ2n) is 5.88. The fraction of sp³-hybridized carbons (Fsp3) is 0.625. The summed E-state index contributed by atoms with van der Waals surface area (Å²) in [7, 11) is 6.40. The fourth-order valence-corrected chi connectivity index (χ4v) is 2.00. The van der Waals surface area contributed by atoms with Crippen LogP contribution >= 0.6 is 0 Å². The lowest BCUT2D eigenvalue weighted by molar-refractivity contribution is 0.416. The number of para-hydroxylation sites is 1. The van der Waals surface area contributed by atoms with Gasteiger partial charge in [0, 0.05) is 32.4 Å². The molecule has 0 fully saturated rings. The summed E-state index contributed by atoms with van der Waals surface area (Å²) >= 11 is 0. The molecule has 1 aromatic carbocycles. The van der Waals surface area contributed by atoms with Crippen molar-refractivity contribution in [3.63, 3.8) is 0 Å². The Morgan fingerprint density at radius 3 is 2.37 bits per heavy atom. The molecule has 0 saturated carbocycles. The van der Waals surface area contributed by atoms with Crippen LogP contribution in [-0.4, -0.2) is 45.7 Å². The summed E-state index contributed by atoms with van der Waals surface area (Å²) in [4.78, 5) is 4.56. The molecule has 1 rings (SSSR count). The summed E-state index contributed by atoms with van der Waals surface area (Å²) in [5.74, 6) is 0.693. The van der Waals surface area contributed by atoms with Crippen LogP contribution in [0.3, 0.4) is 0 Å². The van der Waals surface area contributed by atoms with E-state index in [-0.39, 0.29) is 0 Å². The molecule has 0 aromatic heterocycles. The summed E-state index contributed by atoms with van der Waals surface area (Å²) in [5, 5.41) is 3.52. The number of anilines is 1. The van der Waals surface area contributed by atoms with Crippen molar-refractivity contribution >= 4 is 5.69 Å². The van der Waals surface area contributed by atoms with Crippen LogP contribution in [0.5, 0.6) is 0 Å². The highest BCUT2D eigenvalue weighted by molar-refractivity contribution is 5.53. The van der Waals surface area contributed by atoms with Crippen LogP contribution in [0.2, 0.25) is 0 Å². The molecule has 0 unspecified atom stereocenters. The molecular formula is C16H29N3. The molecule has 0 atom stereocenters. The quantitative estimate of drug-likeness (QED) is 0.777. The second kappa shape index (κ2) is 8.18. The van der Waals surface area contributed by atoms with Gasteiger partial charge < -0.3 is 15.1 Å². The Morgan fingerprint density at radius 2 is 1.74 bits per heavy atom. The Bertz CT molecular complexity index is 361. The van der Waals surface area contributed by atoms with Crippen LogP contribution in [0, 0.1) is 5.92 Å². The predicted molar refractivity (Wildman–Crippen MR) is 84.8 cm³/mol. The molecule has 3 heteroatoms. The molecule has 0 saturated heterocycles. The average molecular weight is 263 g/mol. The minimum atomic E-state index is 0.693. The van der Waals surface area contributed by atoms with E-state index in [0.29, 0.717) is 5.92 Å². The topological polar surface area (TPSA) is 18.5 Å². The maximum absolute atomic E-state index is 3.52. The van der Waals surface area contributed by atoms with Crippen molar-refractivity contribution in [3.05, 3.63) is 29.8 Å². The van der Waals surface area contributed by atoms with Crippen LogP contribution in [0.15, 0.2) is 24.3 Å². The van der Waals surface area contributed by atoms with Crippen molar-refractivity contribution in [1.29, 1.82) is 0 Å². The molecule has 3 nitrogen and oxygen atoms in total. The molecule has 1 N–H and O–H groups in total. The first-order valence-electron chi connectivity index (χ1n) is 7.15. The van der Waals surface area contributed by atoms with E-state index in [1.165, 1.54) is 11.3 Å². The highest BCUT2D eigenvalue weighted by Crippen LogP contribution is 2.18. The third-order valence-corrected chi connectivity index (χ3v) is 3.15. The average Bonchev–Trinajstić information content (AvgIpc) is 2.36. The second-order valence-corrected chi connectivity index (χ2v) is 5.88. The maximum Gasteiger partial charge on any atom is 0.0409 e. The first kappa shape index (κ1) is 16.0. The van der Waals surface area contributed by atoms with Gasteiger partial charge >= 0.3 is 0 Å². The summed E-state index contributed by atoms with van der Waals surface area (Å²) in [6, 6.07) is 8.67. The van der Waals surface area contributed by atoms with Crippen molar-refractivity contribution < 1.29 is 0 Å². The Labute approximate surface area is 118 Å². The third kappa shape index (κ3) is 6.08. The molecule has 1 aromatic rings. The maximum atomic E-state index is 3.52. The SMILES string of the molecule is CC(C)CNCc1ccccc1N(C)CCN(C)C. The van der Waals surface area contributed by atoms with E-state index in [4.69, 9.17) is 0 Å². The van der Waals surface area contributed by atoms with Gasteiger partial charge in [-0.15, -0.1) is 0 Å². The van der Waals surface area contributed by atoms with Crippen molar-refractivity contribution in [2.75, 3.05) is 45.7 Å². The van der Waals surface area contributed by atoms with E-state index in [1.807, 2.05) is 0 Å². The molecule has 19 heavy (non-hydrogen) atoms. The molecule has 0 aliphatic carbocycles. The van der Waals surface area contributed by atoms with Crippen LogP contribution in [0.4, 0.5) is 5.69 Å². The molecule has 0 spiro atoms. The van der Waals surface area contributed by atoms with E-state index < -0.39 is 0 Å². The van der Waals surface area contributed by atoms with Crippen molar-refractivity contribution in [2.45, 2.75) is 20.4 Å². The van der Waals surface area contributed by atoms with Gasteiger partial charge in [-0.05, 0) is 38.2 Å². The highest BCUT2D eigenvalue weighted by atomic mass is 15.2. The van der Waals surface area contributed by atoms with E-state index in [0.717, 1.165) is 26.2 Å². The zero-order chi connectivity index (χ0) is 14.3.